The fourth-order valence-corrected chi connectivity index (χ4v) is 6.85. The van der Waals surface area contributed by atoms with Crippen LogP contribution in [-0.2, 0) is 19.2 Å². The van der Waals surface area contributed by atoms with E-state index in [1.165, 1.54) is 33.4 Å². The number of nitrogens with one attached hydrogen (secondary N) is 1. The van der Waals surface area contributed by atoms with Crippen molar-refractivity contribution in [2.24, 2.45) is 21.7 Å². The van der Waals surface area contributed by atoms with Crippen LogP contribution in [0.25, 0.3) is 0 Å². The fraction of sp³-hybridized carbons (Fsp3) is 0.429. The SMILES string of the molecule is CCO/N=C(\C(=O)NC1C(=O)N2C(C(=O)O)=C(CSC3=NC(N)=C(CC)CN3N)CS[C@@H]12)c1csc(N)n1. The first-order valence-corrected chi connectivity index (χ1v) is 14.4. The number of aliphatic imine (C=N–C) groups is 1. The summed E-state index contributed by atoms with van der Waals surface area (Å²) in [7, 11) is 0. The van der Waals surface area contributed by atoms with Crippen LogP contribution >= 0.6 is 34.9 Å². The number of oxime groups is 1. The van der Waals surface area contributed by atoms with E-state index in [0.29, 0.717) is 28.9 Å². The van der Waals surface area contributed by atoms with Crippen LogP contribution in [0.2, 0.25) is 0 Å². The Kier molecular flexibility index (Phi) is 8.49. The summed E-state index contributed by atoms with van der Waals surface area (Å²) in [5.41, 5.74) is 13.1. The average Bonchev–Trinajstić information content (AvgIpc) is 3.32. The Morgan fingerprint density at radius 3 is 2.74 bits per heavy atom. The molecular formula is C21H27N9O5S3. The number of amides is 2. The molecule has 14 nitrogen and oxygen atoms in total. The van der Waals surface area contributed by atoms with Crippen LogP contribution in [0.5, 0.6) is 0 Å². The molecule has 1 aromatic rings. The topological polar surface area (TPSA) is 215 Å². The Morgan fingerprint density at radius 2 is 2.11 bits per heavy atom. The number of nitrogen functional groups attached to an aromatic ring is 1. The molecule has 8 N–H and O–H groups in total. The van der Waals surface area contributed by atoms with Crippen molar-refractivity contribution in [2.45, 2.75) is 31.7 Å². The molecule has 0 aliphatic carbocycles. The van der Waals surface area contributed by atoms with E-state index in [9.17, 15) is 19.5 Å². The van der Waals surface area contributed by atoms with Crippen LogP contribution in [0.1, 0.15) is 26.0 Å². The second-order valence-corrected chi connectivity index (χ2v) is 11.1. The number of anilines is 1. The molecule has 1 aromatic heterocycles. The number of rotatable bonds is 9. The van der Waals surface area contributed by atoms with Gasteiger partial charge in [0.2, 0.25) is 0 Å². The van der Waals surface area contributed by atoms with E-state index in [4.69, 9.17) is 22.1 Å². The highest BCUT2D eigenvalue weighted by Crippen LogP contribution is 2.41. The number of aromatic nitrogens is 1. The molecular weight excluding hydrogens is 554 g/mol. The Labute approximate surface area is 230 Å². The van der Waals surface area contributed by atoms with E-state index >= 15 is 0 Å². The summed E-state index contributed by atoms with van der Waals surface area (Å²) in [4.78, 5) is 52.9. The second kappa shape index (κ2) is 11.6. The monoisotopic (exact) mass is 581 g/mol. The van der Waals surface area contributed by atoms with Crippen molar-refractivity contribution in [3.05, 3.63) is 33.7 Å². The molecule has 3 aliphatic heterocycles. The van der Waals surface area contributed by atoms with E-state index < -0.39 is 29.2 Å². The molecule has 0 radical (unpaired) electrons. The van der Waals surface area contributed by atoms with Crippen LogP contribution in [0.15, 0.2) is 38.2 Å². The van der Waals surface area contributed by atoms with Gasteiger partial charge in [-0.05, 0) is 24.5 Å². The number of nitrogens with zero attached hydrogens (tertiary/aromatic N) is 5. The van der Waals surface area contributed by atoms with Gasteiger partial charge in [-0.1, -0.05) is 23.8 Å². The molecule has 3 aliphatic rings. The lowest BCUT2D eigenvalue weighted by Gasteiger charge is -2.49. The van der Waals surface area contributed by atoms with E-state index in [-0.39, 0.29) is 34.6 Å². The van der Waals surface area contributed by atoms with Gasteiger partial charge in [0.05, 0.1) is 6.54 Å². The fourth-order valence-electron chi connectivity index (χ4n) is 3.89. The van der Waals surface area contributed by atoms with Gasteiger partial charge in [0.1, 0.15) is 35.2 Å². The van der Waals surface area contributed by atoms with Crippen molar-refractivity contribution in [3.63, 3.8) is 0 Å². The van der Waals surface area contributed by atoms with Gasteiger partial charge >= 0.3 is 5.97 Å². The predicted molar refractivity (Wildman–Crippen MR) is 147 cm³/mol. The number of thiazole rings is 1. The number of nitrogens with two attached hydrogens (primary N) is 3. The van der Waals surface area contributed by atoms with Gasteiger partial charge in [-0.15, -0.1) is 23.1 Å². The molecule has 4 heterocycles. The summed E-state index contributed by atoms with van der Waals surface area (Å²) in [5, 5.41) is 19.6. The number of fused-ring (bicyclic) bond motifs is 1. The van der Waals surface area contributed by atoms with Gasteiger partial charge in [0, 0.05) is 16.9 Å². The van der Waals surface area contributed by atoms with Crippen molar-refractivity contribution in [1.29, 1.82) is 0 Å². The third kappa shape index (κ3) is 5.45. The lowest BCUT2D eigenvalue weighted by Crippen LogP contribution is -2.71. The van der Waals surface area contributed by atoms with E-state index in [1.807, 2.05) is 6.92 Å². The summed E-state index contributed by atoms with van der Waals surface area (Å²) in [6, 6.07) is -0.946. The number of carboxylic acids is 1. The average molecular weight is 582 g/mol. The van der Waals surface area contributed by atoms with Gasteiger partial charge in [0.15, 0.2) is 16.0 Å². The smallest absolute Gasteiger partial charge is 0.352 e. The molecule has 17 heteroatoms. The highest BCUT2D eigenvalue weighted by Gasteiger charge is 2.54. The zero-order chi connectivity index (χ0) is 27.6. The van der Waals surface area contributed by atoms with E-state index in [2.05, 4.69) is 20.4 Å². The zero-order valence-electron chi connectivity index (χ0n) is 20.5. The van der Waals surface area contributed by atoms with Crippen LogP contribution in [0, 0.1) is 0 Å². The molecule has 4 rings (SSSR count). The lowest BCUT2D eigenvalue weighted by molar-refractivity contribution is -0.150. The number of hydrogen-bond donors (Lipinski definition) is 5. The lowest BCUT2D eigenvalue weighted by atomic mass is 10.0. The number of aliphatic carboxylic acids is 1. The van der Waals surface area contributed by atoms with Crippen LogP contribution in [0.3, 0.4) is 0 Å². The highest BCUT2D eigenvalue weighted by atomic mass is 32.2. The van der Waals surface area contributed by atoms with E-state index in [1.54, 1.807) is 12.3 Å². The summed E-state index contributed by atoms with van der Waals surface area (Å²) in [5.74, 6) is 4.62. The van der Waals surface area contributed by atoms with Crippen molar-refractivity contribution < 1.29 is 24.3 Å². The second-order valence-electron chi connectivity index (χ2n) is 8.20. The first-order chi connectivity index (χ1) is 18.2. The standard InChI is InChI=1S/C21H27N9O5S3/c1-3-9-5-29(24)21(27-15(9)22)38-7-10-6-36-18-13(17(32)30(18)14(10)19(33)34)26-16(31)12(28-35-4-2)11-8-37-20(23)25-11/h8,13,18H,3-7,22,24H2,1-2H3,(H2,23,25)(H,26,31)(H,33,34)/b28-12-/t13?,18-/m0/s1. The molecule has 38 heavy (non-hydrogen) atoms. The van der Waals surface area contributed by atoms with Gasteiger partial charge in [-0.25, -0.2) is 20.6 Å². The molecule has 1 unspecified atom stereocenters. The molecule has 0 spiro atoms. The Balaban J connectivity index is 1.48. The number of β-lactam (4-membered cyclic amide) rings is 1. The largest absolute Gasteiger partial charge is 0.477 e. The molecule has 1 saturated heterocycles. The van der Waals surface area contributed by atoms with Gasteiger partial charge < -0.3 is 26.7 Å². The number of carbonyl (C=O) groups excluding carboxylic acids is 2. The summed E-state index contributed by atoms with van der Waals surface area (Å²) in [6.45, 7) is 4.32. The Bertz CT molecular complexity index is 1270. The maximum Gasteiger partial charge on any atom is 0.352 e. The summed E-state index contributed by atoms with van der Waals surface area (Å²) in [6.07, 6.45) is 0.721. The van der Waals surface area contributed by atoms with Gasteiger partial charge in [-0.3, -0.25) is 19.5 Å². The third-order valence-corrected chi connectivity index (χ3v) is 8.88. The van der Waals surface area contributed by atoms with Crippen molar-refractivity contribution >= 4 is 68.7 Å². The minimum atomic E-state index is -1.23. The quantitative estimate of drug-likeness (QED) is 0.113. The minimum absolute atomic E-state index is 0.107. The maximum atomic E-state index is 13.1. The molecule has 2 atom stereocenters. The highest BCUT2D eigenvalue weighted by molar-refractivity contribution is 8.14. The van der Waals surface area contributed by atoms with Crippen LogP contribution in [-0.4, -0.2) is 84.7 Å². The summed E-state index contributed by atoms with van der Waals surface area (Å²) >= 11 is 3.73. The van der Waals surface area contributed by atoms with Gasteiger partial charge in [0.25, 0.3) is 11.8 Å². The maximum absolute atomic E-state index is 13.1. The molecule has 1 fully saturated rings. The first kappa shape index (κ1) is 27.7. The molecule has 0 saturated carbocycles. The number of carboxylic acid groups (broad SMARTS) is 1. The Morgan fingerprint density at radius 1 is 1.34 bits per heavy atom. The number of hydrazine groups is 1. The Hall–Kier alpha value is -3.28. The number of amidine groups is 1. The molecule has 204 valence electrons. The number of hydrogen-bond acceptors (Lipinski definition) is 14. The number of carbonyl (C=O) groups is 3. The zero-order valence-corrected chi connectivity index (χ0v) is 23.0. The van der Waals surface area contributed by atoms with Crippen molar-refractivity contribution in [3.8, 4) is 0 Å². The van der Waals surface area contributed by atoms with Crippen LogP contribution in [0.4, 0.5) is 5.13 Å². The van der Waals surface area contributed by atoms with Crippen LogP contribution < -0.4 is 22.6 Å². The van der Waals surface area contributed by atoms with Gasteiger partial charge in [-0.2, -0.15) is 0 Å². The third-order valence-electron chi connectivity index (χ3n) is 5.79. The minimum Gasteiger partial charge on any atom is -0.477 e. The van der Waals surface area contributed by atoms with E-state index in [0.717, 1.165) is 23.3 Å². The normalized spacial score (nSPS) is 21.7. The number of thioether (sulfide) groups is 2. The first-order valence-electron chi connectivity index (χ1n) is 11.5. The molecule has 0 bridgehead atoms. The molecule has 0 aromatic carbocycles. The van der Waals surface area contributed by atoms with Crippen molar-refractivity contribution in [1.82, 2.24) is 20.2 Å². The predicted octanol–water partition coefficient (Wildman–Crippen LogP) is 0.0633. The summed E-state index contributed by atoms with van der Waals surface area (Å²) < 4.78 is 0. The molecule has 2 amide bonds. The van der Waals surface area contributed by atoms with Crippen molar-refractivity contribution in [2.75, 3.05) is 30.4 Å².